The molecule has 0 spiro atoms. The van der Waals surface area contributed by atoms with Crippen molar-refractivity contribution in [1.29, 1.82) is 0 Å². The van der Waals surface area contributed by atoms with Crippen LogP contribution in [0.25, 0.3) is 22.3 Å². The quantitative estimate of drug-likeness (QED) is 0.614. The number of rotatable bonds is 5. The minimum Gasteiger partial charge on any atom is -0.383 e. The summed E-state index contributed by atoms with van der Waals surface area (Å²) in [4.78, 5) is 18.5. The van der Waals surface area contributed by atoms with Gasteiger partial charge < -0.3 is 16.0 Å². The van der Waals surface area contributed by atoms with Gasteiger partial charge in [0, 0.05) is 48.1 Å². The topological polar surface area (TPSA) is 71.2 Å². The highest BCUT2D eigenvalue weighted by molar-refractivity contribution is 5.97. The first-order chi connectivity index (χ1) is 16.0. The zero-order valence-corrected chi connectivity index (χ0v) is 18.3. The lowest BCUT2D eigenvalue weighted by molar-refractivity contribution is 0.0945. The van der Waals surface area contributed by atoms with Crippen molar-refractivity contribution in [3.05, 3.63) is 71.2 Å². The van der Waals surface area contributed by atoms with Crippen LogP contribution in [0.1, 0.15) is 33.8 Å². The molecule has 3 heterocycles. The number of pyridine rings is 1. The summed E-state index contributed by atoms with van der Waals surface area (Å²) in [7, 11) is 0. The van der Waals surface area contributed by atoms with Crippen molar-refractivity contribution in [2.75, 3.05) is 38.6 Å². The highest BCUT2D eigenvalue weighted by Gasteiger charge is 2.24. The Labute approximate surface area is 191 Å². The Morgan fingerprint density at radius 3 is 2.70 bits per heavy atom. The summed E-state index contributed by atoms with van der Waals surface area (Å²) in [6, 6.07) is 13.1. The van der Waals surface area contributed by atoms with Gasteiger partial charge in [0.1, 0.15) is 18.3 Å². The van der Waals surface area contributed by atoms with Crippen molar-refractivity contribution in [3.63, 3.8) is 0 Å². The number of nitrogen functional groups attached to an aromatic ring is 1. The number of alkyl halides is 1. The van der Waals surface area contributed by atoms with Crippen molar-refractivity contribution in [2.45, 2.75) is 18.8 Å². The molecule has 1 saturated heterocycles. The third-order valence-corrected chi connectivity index (χ3v) is 6.71. The number of hydrogen-bond acceptors (Lipinski definition) is 4. The summed E-state index contributed by atoms with van der Waals surface area (Å²) in [5.74, 6) is -0.0940. The predicted octanol–water partition coefficient (Wildman–Crippen LogP) is 4.18. The molecule has 1 atom stereocenters. The van der Waals surface area contributed by atoms with E-state index in [1.165, 1.54) is 11.6 Å². The second-order valence-corrected chi connectivity index (χ2v) is 8.75. The number of nitrogens with one attached hydrogen (secondary N) is 1. The highest BCUT2D eigenvalue weighted by Crippen LogP contribution is 2.34. The van der Waals surface area contributed by atoms with Crippen LogP contribution in [0.3, 0.4) is 0 Å². The summed E-state index contributed by atoms with van der Waals surface area (Å²) < 4.78 is 27.6. The van der Waals surface area contributed by atoms with Crippen molar-refractivity contribution in [2.24, 2.45) is 0 Å². The van der Waals surface area contributed by atoms with Crippen molar-refractivity contribution in [3.8, 4) is 22.3 Å². The van der Waals surface area contributed by atoms with Crippen LogP contribution in [-0.2, 0) is 6.42 Å². The van der Waals surface area contributed by atoms with Crippen LogP contribution in [0.2, 0.25) is 0 Å². The largest absolute Gasteiger partial charge is 0.383 e. The van der Waals surface area contributed by atoms with E-state index in [0.29, 0.717) is 42.1 Å². The van der Waals surface area contributed by atoms with E-state index in [-0.39, 0.29) is 18.4 Å². The molecule has 170 valence electrons. The van der Waals surface area contributed by atoms with E-state index in [0.717, 1.165) is 36.2 Å². The fourth-order valence-electron chi connectivity index (χ4n) is 4.87. The van der Waals surface area contributed by atoms with Gasteiger partial charge in [-0.15, -0.1) is 0 Å². The molecule has 5 nitrogen and oxygen atoms in total. The summed E-state index contributed by atoms with van der Waals surface area (Å²) >= 11 is 0. The molecule has 0 unspecified atom stereocenters. The molecule has 2 aliphatic rings. The number of aromatic nitrogens is 1. The van der Waals surface area contributed by atoms with Gasteiger partial charge in [0.05, 0.1) is 0 Å². The fourth-order valence-corrected chi connectivity index (χ4v) is 4.87. The van der Waals surface area contributed by atoms with Gasteiger partial charge in [0.25, 0.3) is 5.91 Å². The average Bonchev–Trinajstić information content (AvgIpc) is 3.29. The molecule has 3 aromatic rings. The van der Waals surface area contributed by atoms with E-state index in [4.69, 9.17) is 5.73 Å². The number of nitrogens with zero attached hydrogens (tertiary/aromatic N) is 2. The number of carbonyl (C=O) groups is 1. The molecule has 3 N–H and O–H groups in total. The Morgan fingerprint density at radius 1 is 1.09 bits per heavy atom. The lowest BCUT2D eigenvalue weighted by Gasteiger charge is -2.18. The standard InChI is InChI=1S/C26H26F2N4O/c27-7-10-32-9-6-19(15-32)16-1-3-17(4-2-16)20-12-23(25(29)31-14-20)22-11-18-5-8-30-26(33)21(18)13-24(22)28/h1-4,11-14,19H,5-10,15H2,(H2,29,31)(H,30,33)/t19-/m1/s1. The number of benzene rings is 2. The van der Waals surface area contributed by atoms with Crippen molar-refractivity contribution >= 4 is 11.7 Å². The van der Waals surface area contributed by atoms with Crippen LogP contribution in [0.15, 0.2) is 48.7 Å². The number of nitrogens with two attached hydrogens (primary N) is 1. The van der Waals surface area contributed by atoms with Gasteiger partial charge in [-0.2, -0.15) is 0 Å². The number of hydrogen-bond donors (Lipinski definition) is 2. The number of amides is 1. The summed E-state index contributed by atoms with van der Waals surface area (Å²) in [6.45, 7) is 2.53. The molecule has 1 aromatic heterocycles. The molecule has 33 heavy (non-hydrogen) atoms. The molecule has 1 fully saturated rings. The lowest BCUT2D eigenvalue weighted by Crippen LogP contribution is -2.32. The number of fused-ring (bicyclic) bond motifs is 1. The zero-order valence-electron chi connectivity index (χ0n) is 18.3. The predicted molar refractivity (Wildman–Crippen MR) is 125 cm³/mol. The van der Waals surface area contributed by atoms with E-state index >= 15 is 0 Å². The smallest absolute Gasteiger partial charge is 0.251 e. The maximum Gasteiger partial charge on any atom is 0.251 e. The Kier molecular flexibility index (Phi) is 5.81. The Balaban J connectivity index is 1.43. The molecule has 0 radical (unpaired) electrons. The van der Waals surface area contributed by atoms with E-state index in [1.54, 1.807) is 12.3 Å². The summed E-state index contributed by atoms with van der Waals surface area (Å²) in [5, 5.41) is 2.74. The van der Waals surface area contributed by atoms with Gasteiger partial charge in [0.2, 0.25) is 0 Å². The average molecular weight is 449 g/mol. The van der Waals surface area contributed by atoms with Crippen LogP contribution in [-0.4, -0.2) is 48.6 Å². The van der Waals surface area contributed by atoms with Gasteiger partial charge in [0.15, 0.2) is 0 Å². The molecule has 2 aromatic carbocycles. The Bertz CT molecular complexity index is 1200. The summed E-state index contributed by atoms with van der Waals surface area (Å²) in [6.07, 6.45) is 3.37. The maximum atomic E-state index is 15.0. The fraction of sp³-hybridized carbons (Fsp3) is 0.308. The molecule has 0 aliphatic carbocycles. The van der Waals surface area contributed by atoms with E-state index in [1.807, 2.05) is 18.2 Å². The highest BCUT2D eigenvalue weighted by atomic mass is 19.1. The molecular weight excluding hydrogens is 422 g/mol. The summed E-state index contributed by atoms with van der Waals surface area (Å²) in [5.41, 5.74) is 11.2. The van der Waals surface area contributed by atoms with Gasteiger partial charge in [-0.1, -0.05) is 24.3 Å². The van der Waals surface area contributed by atoms with Crippen LogP contribution in [0.5, 0.6) is 0 Å². The van der Waals surface area contributed by atoms with Gasteiger partial charge in [-0.25, -0.2) is 13.8 Å². The molecule has 5 rings (SSSR count). The number of likely N-dealkylation sites (tertiary alicyclic amines) is 1. The molecule has 0 saturated carbocycles. The third kappa shape index (κ3) is 4.20. The van der Waals surface area contributed by atoms with Crippen LogP contribution in [0, 0.1) is 5.82 Å². The second-order valence-electron chi connectivity index (χ2n) is 8.75. The van der Waals surface area contributed by atoms with Gasteiger partial charge >= 0.3 is 0 Å². The van der Waals surface area contributed by atoms with Gasteiger partial charge in [-0.3, -0.25) is 4.79 Å². The lowest BCUT2D eigenvalue weighted by atomic mass is 9.93. The number of halogens is 2. The first-order valence-corrected chi connectivity index (χ1v) is 11.3. The molecule has 7 heteroatoms. The van der Waals surface area contributed by atoms with E-state index in [9.17, 15) is 13.6 Å². The monoisotopic (exact) mass is 448 g/mol. The molecule has 2 aliphatic heterocycles. The van der Waals surface area contributed by atoms with E-state index in [2.05, 4.69) is 27.3 Å². The second kappa shape index (κ2) is 8.90. The van der Waals surface area contributed by atoms with Crippen molar-refractivity contribution in [1.82, 2.24) is 15.2 Å². The van der Waals surface area contributed by atoms with E-state index < -0.39 is 5.82 Å². The minimum absolute atomic E-state index is 0.244. The Morgan fingerprint density at radius 2 is 1.91 bits per heavy atom. The van der Waals surface area contributed by atoms with Gasteiger partial charge in [-0.05, 0) is 60.2 Å². The number of anilines is 1. The molecule has 0 bridgehead atoms. The normalized spacial score (nSPS) is 18.2. The number of carbonyl (C=O) groups excluding carboxylic acids is 1. The van der Waals surface area contributed by atoms with Crippen LogP contribution in [0.4, 0.5) is 14.6 Å². The third-order valence-electron chi connectivity index (χ3n) is 6.71. The molecular formula is C26H26F2N4O. The first kappa shape index (κ1) is 21.5. The molecule has 1 amide bonds. The van der Waals surface area contributed by atoms with Crippen LogP contribution < -0.4 is 11.1 Å². The first-order valence-electron chi connectivity index (χ1n) is 11.3. The van der Waals surface area contributed by atoms with Crippen molar-refractivity contribution < 1.29 is 13.6 Å². The Hall–Kier alpha value is -3.32. The zero-order chi connectivity index (χ0) is 22.9. The minimum atomic E-state index is -0.495. The van der Waals surface area contributed by atoms with Crippen LogP contribution >= 0.6 is 0 Å². The SMILES string of the molecule is Nc1ncc(-c2ccc([C@@H]3CCN(CCF)C3)cc2)cc1-c1cc2c(cc1F)C(=O)NCC2. The maximum absolute atomic E-state index is 15.0.